The Hall–Kier alpha value is -1.06. The van der Waals surface area contributed by atoms with Crippen molar-refractivity contribution in [1.29, 1.82) is 0 Å². The molecule has 0 aliphatic carbocycles. The first kappa shape index (κ1) is 12.9. The predicted molar refractivity (Wildman–Crippen MR) is 49.8 cm³/mol. The van der Waals surface area contributed by atoms with Gasteiger partial charge in [0.25, 0.3) is 10.1 Å². The maximum atomic E-state index is 11.1. The topological polar surface area (TPSA) is 69.7 Å². The Morgan fingerprint density at radius 2 is 2.14 bits per heavy atom. The minimum Gasteiger partial charge on any atom is -0.462 e. The van der Waals surface area contributed by atoms with Crippen molar-refractivity contribution in [2.45, 2.75) is 20.0 Å². The second-order valence-electron chi connectivity index (χ2n) is 2.61. The third-order valence-electron chi connectivity index (χ3n) is 1.13. The van der Waals surface area contributed by atoms with Crippen LogP contribution in [-0.4, -0.2) is 32.9 Å². The van der Waals surface area contributed by atoms with E-state index in [0.717, 1.165) is 0 Å². The van der Waals surface area contributed by atoms with E-state index in [1.54, 1.807) is 0 Å². The molecule has 0 spiro atoms. The number of esters is 1. The van der Waals surface area contributed by atoms with Crippen molar-refractivity contribution in [3.63, 3.8) is 0 Å². The lowest BCUT2D eigenvalue weighted by atomic mass is 10.5. The summed E-state index contributed by atoms with van der Waals surface area (Å²) in [5.74, 6) is 1.10. The molecule has 0 aromatic rings. The van der Waals surface area contributed by atoms with Gasteiger partial charge in [0.15, 0.2) is 0 Å². The molecule has 0 saturated carbocycles. The van der Waals surface area contributed by atoms with Gasteiger partial charge in [0, 0.05) is 6.92 Å². The van der Waals surface area contributed by atoms with Crippen LogP contribution < -0.4 is 0 Å². The Labute approximate surface area is 83.5 Å². The highest BCUT2D eigenvalue weighted by molar-refractivity contribution is 7.86. The number of terminal acetylenes is 1. The normalized spacial score (nSPS) is 12.9. The van der Waals surface area contributed by atoms with Gasteiger partial charge >= 0.3 is 5.97 Å². The summed E-state index contributed by atoms with van der Waals surface area (Å²) in [6.07, 6.45) is 4.08. The van der Waals surface area contributed by atoms with Crippen molar-refractivity contribution in [3.05, 3.63) is 0 Å². The van der Waals surface area contributed by atoms with Crippen LogP contribution in [0.15, 0.2) is 0 Å². The molecule has 14 heavy (non-hydrogen) atoms. The fourth-order valence-corrected chi connectivity index (χ4v) is 1.76. The molecule has 0 aliphatic rings. The number of carbonyl (C=O) groups is 1. The molecule has 0 amide bonds. The summed E-state index contributed by atoms with van der Waals surface area (Å²) in [5, 5.41) is 0. The fraction of sp³-hybridized carbons (Fsp3) is 0.625. The van der Waals surface area contributed by atoms with Crippen molar-refractivity contribution in [1.82, 2.24) is 0 Å². The number of ether oxygens (including phenoxy) is 1. The van der Waals surface area contributed by atoms with Crippen LogP contribution >= 0.6 is 0 Å². The predicted octanol–water partition coefficient (Wildman–Crippen LogP) is -0.0824. The second-order valence-corrected chi connectivity index (χ2v) is 4.30. The molecule has 0 aromatic carbocycles. The molecule has 0 bridgehead atoms. The third kappa shape index (κ3) is 6.46. The molecule has 0 N–H and O–H groups in total. The van der Waals surface area contributed by atoms with Crippen molar-refractivity contribution in [2.75, 3.05) is 12.4 Å². The molecule has 0 saturated heterocycles. The largest absolute Gasteiger partial charge is 0.462 e. The minimum atomic E-state index is -3.71. The number of hydrogen-bond donors (Lipinski definition) is 0. The van der Waals surface area contributed by atoms with Crippen molar-refractivity contribution >= 4 is 16.1 Å². The summed E-state index contributed by atoms with van der Waals surface area (Å²) in [5.41, 5.74) is 0. The molecule has 0 aliphatic heterocycles. The summed E-state index contributed by atoms with van der Waals surface area (Å²) in [6.45, 7) is 2.35. The molecule has 0 heterocycles. The molecule has 1 atom stereocenters. The molecular weight excluding hydrogens is 208 g/mol. The molecule has 5 nitrogen and oxygen atoms in total. The lowest BCUT2D eigenvalue weighted by molar-refractivity contribution is -0.144. The van der Waals surface area contributed by atoms with Crippen LogP contribution in [0.2, 0.25) is 0 Å². The molecular formula is C8H12O5S. The third-order valence-corrected chi connectivity index (χ3v) is 2.48. The van der Waals surface area contributed by atoms with Crippen LogP contribution in [0.4, 0.5) is 0 Å². The molecule has 0 radical (unpaired) electrons. The Morgan fingerprint density at radius 1 is 1.57 bits per heavy atom. The van der Waals surface area contributed by atoms with Crippen LogP contribution in [0.3, 0.4) is 0 Å². The molecule has 80 valence electrons. The Kier molecular flexibility index (Phi) is 5.20. The first-order valence-corrected chi connectivity index (χ1v) is 5.43. The average molecular weight is 220 g/mol. The standard InChI is InChI=1S/C8H12O5S/c1-4-5-12-14(10,11)6-7(2)13-8(3)9/h1,7H,5-6H2,2-3H3. The van der Waals surface area contributed by atoms with Gasteiger partial charge in [-0.15, -0.1) is 6.42 Å². The van der Waals surface area contributed by atoms with Gasteiger partial charge in [-0.05, 0) is 6.92 Å². The molecule has 0 rings (SSSR count). The average Bonchev–Trinajstić information content (AvgIpc) is 1.98. The fourth-order valence-electron chi connectivity index (χ4n) is 0.777. The summed E-state index contributed by atoms with van der Waals surface area (Å²) in [7, 11) is -3.71. The molecule has 1 unspecified atom stereocenters. The van der Waals surface area contributed by atoms with E-state index in [1.165, 1.54) is 13.8 Å². The van der Waals surface area contributed by atoms with Gasteiger partial charge in [-0.25, -0.2) is 0 Å². The lowest BCUT2D eigenvalue weighted by Crippen LogP contribution is -2.24. The van der Waals surface area contributed by atoms with Crippen LogP contribution in [0.5, 0.6) is 0 Å². The number of carbonyl (C=O) groups excluding carboxylic acids is 1. The lowest BCUT2D eigenvalue weighted by Gasteiger charge is -2.10. The number of rotatable bonds is 5. The van der Waals surface area contributed by atoms with E-state index in [-0.39, 0.29) is 6.61 Å². The summed E-state index contributed by atoms with van der Waals surface area (Å²) < 4.78 is 31.1. The van der Waals surface area contributed by atoms with Crippen LogP contribution in [0, 0.1) is 12.3 Å². The van der Waals surface area contributed by atoms with Crippen LogP contribution in [0.1, 0.15) is 13.8 Å². The van der Waals surface area contributed by atoms with Crippen molar-refractivity contribution < 1.29 is 22.1 Å². The quantitative estimate of drug-likeness (QED) is 0.368. The van der Waals surface area contributed by atoms with Gasteiger partial charge in [0.1, 0.15) is 18.5 Å². The van der Waals surface area contributed by atoms with Gasteiger partial charge in [-0.2, -0.15) is 8.42 Å². The van der Waals surface area contributed by atoms with Crippen molar-refractivity contribution in [3.8, 4) is 12.3 Å². The smallest absolute Gasteiger partial charge is 0.302 e. The first-order chi connectivity index (χ1) is 6.37. The Bertz CT molecular complexity index is 324. The van der Waals surface area contributed by atoms with Crippen LogP contribution in [-0.2, 0) is 23.8 Å². The first-order valence-electron chi connectivity index (χ1n) is 3.85. The van der Waals surface area contributed by atoms with Gasteiger partial charge in [0.05, 0.1) is 0 Å². The van der Waals surface area contributed by atoms with E-state index in [4.69, 9.17) is 6.42 Å². The molecule has 0 fully saturated rings. The highest BCUT2D eigenvalue weighted by Crippen LogP contribution is 2.00. The van der Waals surface area contributed by atoms with E-state index >= 15 is 0 Å². The van der Waals surface area contributed by atoms with E-state index in [9.17, 15) is 13.2 Å². The zero-order valence-corrected chi connectivity index (χ0v) is 8.83. The Balaban J connectivity index is 4.10. The number of hydrogen-bond acceptors (Lipinski definition) is 5. The van der Waals surface area contributed by atoms with E-state index < -0.39 is 27.9 Å². The molecule has 6 heteroatoms. The summed E-state index contributed by atoms with van der Waals surface area (Å²) >= 11 is 0. The zero-order chi connectivity index (χ0) is 11.2. The summed E-state index contributed by atoms with van der Waals surface area (Å²) in [6, 6.07) is 0. The highest BCUT2D eigenvalue weighted by Gasteiger charge is 2.17. The zero-order valence-electron chi connectivity index (χ0n) is 8.02. The van der Waals surface area contributed by atoms with Gasteiger partial charge in [-0.3, -0.25) is 8.98 Å². The second kappa shape index (κ2) is 5.62. The van der Waals surface area contributed by atoms with E-state index in [1.807, 2.05) is 5.92 Å². The Morgan fingerprint density at radius 3 is 2.57 bits per heavy atom. The van der Waals surface area contributed by atoms with Crippen molar-refractivity contribution in [2.24, 2.45) is 0 Å². The van der Waals surface area contributed by atoms with Crippen LogP contribution in [0.25, 0.3) is 0 Å². The monoisotopic (exact) mass is 220 g/mol. The molecule has 0 aromatic heterocycles. The van der Waals surface area contributed by atoms with Gasteiger partial charge < -0.3 is 4.74 Å². The minimum absolute atomic E-state index is 0.310. The van der Waals surface area contributed by atoms with Gasteiger partial charge in [0.2, 0.25) is 0 Å². The summed E-state index contributed by atoms with van der Waals surface area (Å²) in [4.78, 5) is 10.5. The van der Waals surface area contributed by atoms with Gasteiger partial charge in [-0.1, -0.05) is 5.92 Å². The highest BCUT2D eigenvalue weighted by atomic mass is 32.2. The maximum absolute atomic E-state index is 11.1. The maximum Gasteiger partial charge on any atom is 0.302 e. The van der Waals surface area contributed by atoms with E-state index in [2.05, 4.69) is 8.92 Å². The van der Waals surface area contributed by atoms with E-state index in [0.29, 0.717) is 0 Å². The SMILES string of the molecule is C#CCOS(=O)(=O)CC(C)OC(C)=O.